The molecule has 0 saturated heterocycles. The summed E-state index contributed by atoms with van der Waals surface area (Å²) in [5, 5.41) is 6.58. The van der Waals surface area contributed by atoms with Crippen LogP contribution in [0.1, 0.15) is 16.2 Å². The van der Waals surface area contributed by atoms with E-state index in [1.54, 1.807) is 31.4 Å². The Kier molecular flexibility index (Phi) is 4.29. The van der Waals surface area contributed by atoms with E-state index in [4.69, 9.17) is 9.26 Å². The number of hydrogen-bond acceptors (Lipinski definition) is 5. The molecule has 0 spiro atoms. The Morgan fingerprint density at radius 3 is 2.96 bits per heavy atom. The zero-order valence-corrected chi connectivity index (χ0v) is 14.3. The lowest BCUT2D eigenvalue weighted by atomic mass is 10.1. The first-order chi connectivity index (χ1) is 13.2. The minimum atomic E-state index is -0.710. The van der Waals surface area contributed by atoms with Crippen LogP contribution in [-0.4, -0.2) is 27.6 Å². The maximum Gasteiger partial charge on any atom is 0.275 e. The van der Waals surface area contributed by atoms with Crippen molar-refractivity contribution in [3.8, 4) is 17.0 Å². The van der Waals surface area contributed by atoms with Crippen LogP contribution in [0.25, 0.3) is 16.9 Å². The number of nitrogens with one attached hydrogen (secondary N) is 1. The molecule has 0 aliphatic heterocycles. The highest BCUT2D eigenvalue weighted by Gasteiger charge is 2.19. The number of fused-ring (bicyclic) bond motifs is 1. The van der Waals surface area contributed by atoms with Crippen molar-refractivity contribution in [2.24, 2.45) is 0 Å². The molecule has 136 valence electrons. The standard InChI is InChI=1S/C19H15FN4O3/c1-26-13-6-4-5-12(9-13)15-10-14(27-23-15)11-21-19(25)17-18(20)24-8-3-2-7-16(24)22-17/h2-10H,11H2,1H3,(H,21,25). The van der Waals surface area contributed by atoms with Gasteiger partial charge in [0.05, 0.1) is 13.7 Å². The molecule has 1 N–H and O–H groups in total. The predicted molar refractivity (Wildman–Crippen MR) is 94.8 cm³/mol. The number of imidazole rings is 1. The fourth-order valence-corrected chi connectivity index (χ4v) is 2.68. The van der Waals surface area contributed by atoms with E-state index in [9.17, 15) is 9.18 Å². The number of pyridine rings is 1. The number of methoxy groups -OCH3 is 1. The summed E-state index contributed by atoms with van der Waals surface area (Å²) in [6, 6.07) is 14.1. The summed E-state index contributed by atoms with van der Waals surface area (Å²) < 4.78 is 25.9. The quantitative estimate of drug-likeness (QED) is 0.587. The van der Waals surface area contributed by atoms with Crippen LogP contribution >= 0.6 is 0 Å². The zero-order chi connectivity index (χ0) is 18.8. The Bertz CT molecular complexity index is 1120. The zero-order valence-electron chi connectivity index (χ0n) is 14.3. The van der Waals surface area contributed by atoms with Crippen LogP contribution < -0.4 is 10.1 Å². The molecule has 0 radical (unpaired) electrons. The molecule has 0 saturated carbocycles. The Balaban J connectivity index is 1.48. The van der Waals surface area contributed by atoms with Crippen molar-refractivity contribution in [2.75, 3.05) is 7.11 Å². The summed E-state index contributed by atoms with van der Waals surface area (Å²) in [5.74, 6) is -0.203. The number of amides is 1. The van der Waals surface area contributed by atoms with Crippen molar-refractivity contribution >= 4 is 11.6 Å². The molecule has 0 bridgehead atoms. The van der Waals surface area contributed by atoms with Crippen molar-refractivity contribution in [2.45, 2.75) is 6.54 Å². The maximum absolute atomic E-state index is 14.3. The number of carbonyl (C=O) groups is 1. The van der Waals surface area contributed by atoms with Crippen LogP contribution in [0.2, 0.25) is 0 Å². The van der Waals surface area contributed by atoms with Gasteiger partial charge >= 0.3 is 0 Å². The molecule has 3 aromatic heterocycles. The highest BCUT2D eigenvalue weighted by Crippen LogP contribution is 2.23. The summed E-state index contributed by atoms with van der Waals surface area (Å²) >= 11 is 0. The molecule has 27 heavy (non-hydrogen) atoms. The smallest absolute Gasteiger partial charge is 0.275 e. The first kappa shape index (κ1) is 16.8. The summed E-state index contributed by atoms with van der Waals surface area (Å²) in [5.41, 5.74) is 1.52. The van der Waals surface area contributed by atoms with Crippen molar-refractivity contribution in [3.63, 3.8) is 0 Å². The number of aromatic nitrogens is 3. The second kappa shape index (κ2) is 6.91. The number of hydrogen-bond donors (Lipinski definition) is 1. The third kappa shape index (κ3) is 3.24. The fraction of sp³-hybridized carbons (Fsp3) is 0.105. The monoisotopic (exact) mass is 366 g/mol. The van der Waals surface area contributed by atoms with E-state index >= 15 is 0 Å². The van der Waals surface area contributed by atoms with Crippen LogP contribution in [0.5, 0.6) is 5.75 Å². The Hall–Kier alpha value is -3.68. The minimum Gasteiger partial charge on any atom is -0.497 e. The second-order valence-electron chi connectivity index (χ2n) is 5.77. The summed E-state index contributed by atoms with van der Waals surface area (Å²) in [6.07, 6.45) is 1.51. The number of ether oxygens (including phenoxy) is 1. The van der Waals surface area contributed by atoms with E-state index in [0.717, 1.165) is 5.56 Å². The van der Waals surface area contributed by atoms with Crippen molar-refractivity contribution in [1.29, 1.82) is 0 Å². The average molecular weight is 366 g/mol. The number of rotatable bonds is 5. The van der Waals surface area contributed by atoms with Gasteiger partial charge in [0.2, 0.25) is 5.95 Å². The third-order valence-corrected chi connectivity index (χ3v) is 4.03. The second-order valence-corrected chi connectivity index (χ2v) is 5.77. The van der Waals surface area contributed by atoms with Crippen molar-refractivity contribution in [3.05, 3.63) is 72.1 Å². The first-order valence-corrected chi connectivity index (χ1v) is 8.16. The number of nitrogens with zero attached hydrogens (tertiary/aromatic N) is 3. The van der Waals surface area contributed by atoms with Gasteiger partial charge in [0, 0.05) is 17.8 Å². The lowest BCUT2D eigenvalue weighted by Crippen LogP contribution is -2.24. The van der Waals surface area contributed by atoms with E-state index in [2.05, 4.69) is 15.5 Å². The molecule has 8 heteroatoms. The van der Waals surface area contributed by atoms with E-state index < -0.39 is 11.9 Å². The molecule has 0 unspecified atom stereocenters. The van der Waals surface area contributed by atoms with Crippen LogP contribution in [0.15, 0.2) is 59.3 Å². The minimum absolute atomic E-state index is 0.0586. The molecule has 0 atom stereocenters. The largest absolute Gasteiger partial charge is 0.497 e. The van der Waals surface area contributed by atoms with Gasteiger partial charge in [-0.05, 0) is 24.3 Å². The van der Waals surface area contributed by atoms with Gasteiger partial charge in [-0.1, -0.05) is 23.4 Å². The summed E-state index contributed by atoms with van der Waals surface area (Å²) in [7, 11) is 1.58. The highest BCUT2D eigenvalue weighted by molar-refractivity contribution is 5.93. The van der Waals surface area contributed by atoms with Gasteiger partial charge in [-0.25, -0.2) is 4.98 Å². The van der Waals surface area contributed by atoms with E-state index in [1.807, 2.05) is 24.3 Å². The Morgan fingerprint density at radius 1 is 1.26 bits per heavy atom. The van der Waals surface area contributed by atoms with Crippen LogP contribution in [0.3, 0.4) is 0 Å². The fourth-order valence-electron chi connectivity index (χ4n) is 2.68. The van der Waals surface area contributed by atoms with Crippen molar-refractivity contribution < 1.29 is 18.4 Å². The van der Waals surface area contributed by atoms with E-state index in [1.165, 1.54) is 10.6 Å². The average Bonchev–Trinajstić information content (AvgIpc) is 3.31. The molecule has 0 aliphatic rings. The lowest BCUT2D eigenvalue weighted by molar-refractivity contribution is 0.0938. The van der Waals surface area contributed by atoms with Crippen LogP contribution in [0.4, 0.5) is 4.39 Å². The van der Waals surface area contributed by atoms with Gasteiger partial charge in [-0.3, -0.25) is 9.20 Å². The van der Waals surface area contributed by atoms with Gasteiger partial charge < -0.3 is 14.6 Å². The Morgan fingerprint density at radius 2 is 2.15 bits per heavy atom. The molecule has 0 fully saturated rings. The molecule has 0 aliphatic carbocycles. The number of benzene rings is 1. The van der Waals surface area contributed by atoms with Gasteiger partial charge in [-0.15, -0.1) is 0 Å². The third-order valence-electron chi connectivity index (χ3n) is 4.03. The van der Waals surface area contributed by atoms with E-state index in [-0.39, 0.29) is 12.2 Å². The molecular formula is C19H15FN4O3. The summed E-state index contributed by atoms with van der Waals surface area (Å²) in [6.45, 7) is 0.0586. The van der Waals surface area contributed by atoms with Gasteiger partial charge in [0.25, 0.3) is 5.91 Å². The SMILES string of the molecule is COc1cccc(-c2cc(CNC(=O)c3nc4ccccn4c3F)on2)c1. The molecule has 3 heterocycles. The predicted octanol–water partition coefficient (Wildman–Crippen LogP) is 3.07. The lowest BCUT2D eigenvalue weighted by Gasteiger charge is -2.00. The molecule has 4 rings (SSSR count). The van der Waals surface area contributed by atoms with Crippen LogP contribution in [0, 0.1) is 5.95 Å². The normalized spacial score (nSPS) is 10.9. The number of carbonyl (C=O) groups excluding carboxylic acids is 1. The van der Waals surface area contributed by atoms with Crippen molar-refractivity contribution in [1.82, 2.24) is 19.9 Å². The molecule has 1 aromatic carbocycles. The molecule has 4 aromatic rings. The van der Waals surface area contributed by atoms with Gasteiger partial charge in [0.15, 0.2) is 11.5 Å². The maximum atomic E-state index is 14.3. The highest BCUT2D eigenvalue weighted by atomic mass is 19.1. The Labute approximate surface area is 153 Å². The topological polar surface area (TPSA) is 81.7 Å². The molecule has 1 amide bonds. The van der Waals surface area contributed by atoms with Gasteiger partial charge in [-0.2, -0.15) is 4.39 Å². The first-order valence-electron chi connectivity index (χ1n) is 8.16. The summed E-state index contributed by atoms with van der Waals surface area (Å²) in [4.78, 5) is 16.3. The van der Waals surface area contributed by atoms with Crippen LogP contribution in [-0.2, 0) is 6.54 Å². The van der Waals surface area contributed by atoms with E-state index in [0.29, 0.717) is 22.9 Å². The number of halogens is 1. The van der Waals surface area contributed by atoms with Gasteiger partial charge in [0.1, 0.15) is 17.1 Å². The molecular weight excluding hydrogens is 351 g/mol. The molecule has 7 nitrogen and oxygen atoms in total.